The molecule has 1 atom stereocenters. The number of anilines is 3. The molecule has 192 valence electrons. The molecule has 1 saturated heterocycles. The number of ether oxygens (including phenoxy) is 2. The van der Waals surface area contributed by atoms with E-state index in [1.54, 1.807) is 30.3 Å². The van der Waals surface area contributed by atoms with Gasteiger partial charge in [0.05, 0.1) is 24.4 Å². The zero-order chi connectivity index (χ0) is 26.2. The summed E-state index contributed by atoms with van der Waals surface area (Å²) in [4.78, 5) is 23.9. The molecule has 2 N–H and O–H groups in total. The van der Waals surface area contributed by atoms with E-state index in [-0.39, 0.29) is 12.0 Å². The summed E-state index contributed by atoms with van der Waals surface area (Å²) in [7, 11) is 0. The average molecular weight is 520 g/mol. The molecule has 37 heavy (non-hydrogen) atoms. The standard InChI is InChI=1S/C28H30ClN5O3/c1-4-19-12-20(29)14-21(13-19)32-28-23-15-25(33-27(35)8-7-10-34(5-2)6-3)26(16-24(23)30-18-31-28)37-22-9-11-36-17-22/h1,7-8,12-16,18,22H,5-6,9-11,17H2,2-3H3,(H,33,35)(H,30,31,32). The lowest BCUT2D eigenvalue weighted by Crippen LogP contribution is -2.23. The topological polar surface area (TPSA) is 88.6 Å². The molecule has 4 rings (SSSR count). The van der Waals surface area contributed by atoms with E-state index >= 15 is 0 Å². The number of carbonyl (C=O) groups is 1. The van der Waals surface area contributed by atoms with Crippen LogP contribution in [0.15, 0.2) is 48.8 Å². The molecule has 3 aromatic rings. The Labute approximate surface area is 222 Å². The highest BCUT2D eigenvalue weighted by Crippen LogP contribution is 2.35. The summed E-state index contributed by atoms with van der Waals surface area (Å²) in [6.45, 7) is 7.85. The second kappa shape index (κ2) is 12.5. The number of carbonyl (C=O) groups excluding carboxylic acids is 1. The molecule has 1 aromatic heterocycles. The molecule has 2 heterocycles. The predicted octanol–water partition coefficient (Wildman–Crippen LogP) is 5.01. The highest BCUT2D eigenvalue weighted by atomic mass is 35.5. The van der Waals surface area contributed by atoms with E-state index in [4.69, 9.17) is 27.5 Å². The first-order valence-corrected chi connectivity index (χ1v) is 12.6. The van der Waals surface area contributed by atoms with Gasteiger partial charge in [-0.15, -0.1) is 6.42 Å². The molecule has 1 aliphatic rings. The van der Waals surface area contributed by atoms with Crippen molar-refractivity contribution in [2.24, 2.45) is 0 Å². The number of terminal acetylenes is 1. The molecular formula is C28H30ClN5O3. The van der Waals surface area contributed by atoms with Gasteiger partial charge in [0, 0.05) is 46.8 Å². The molecule has 0 aliphatic carbocycles. The van der Waals surface area contributed by atoms with Crippen molar-refractivity contribution < 1.29 is 14.3 Å². The van der Waals surface area contributed by atoms with Crippen LogP contribution in [0.25, 0.3) is 10.9 Å². The number of nitrogens with zero attached hydrogens (tertiary/aromatic N) is 3. The van der Waals surface area contributed by atoms with E-state index in [0.717, 1.165) is 19.5 Å². The number of hydrogen-bond donors (Lipinski definition) is 2. The second-order valence-corrected chi connectivity index (χ2v) is 9.00. The molecule has 0 bridgehead atoms. The Morgan fingerprint density at radius 3 is 2.84 bits per heavy atom. The molecule has 2 aromatic carbocycles. The van der Waals surface area contributed by atoms with Crippen LogP contribution in [-0.2, 0) is 9.53 Å². The van der Waals surface area contributed by atoms with E-state index < -0.39 is 0 Å². The van der Waals surface area contributed by atoms with Gasteiger partial charge in [-0.3, -0.25) is 4.79 Å². The number of benzene rings is 2. The Hall–Kier alpha value is -3.64. The summed E-state index contributed by atoms with van der Waals surface area (Å²) in [6.07, 6.45) is 11.1. The van der Waals surface area contributed by atoms with Gasteiger partial charge in [0.15, 0.2) is 0 Å². The summed E-state index contributed by atoms with van der Waals surface area (Å²) in [5.41, 5.74) is 2.51. The molecule has 0 spiro atoms. The highest BCUT2D eigenvalue weighted by molar-refractivity contribution is 6.31. The number of aromatic nitrogens is 2. The van der Waals surface area contributed by atoms with Crippen molar-refractivity contribution >= 4 is 45.6 Å². The van der Waals surface area contributed by atoms with Gasteiger partial charge >= 0.3 is 0 Å². The van der Waals surface area contributed by atoms with E-state index in [1.165, 1.54) is 6.33 Å². The summed E-state index contributed by atoms with van der Waals surface area (Å²) in [6, 6.07) is 8.90. The van der Waals surface area contributed by atoms with Crippen molar-refractivity contribution in [2.45, 2.75) is 26.4 Å². The maximum Gasteiger partial charge on any atom is 0.248 e. The molecule has 0 radical (unpaired) electrons. The van der Waals surface area contributed by atoms with Crippen LogP contribution in [0.5, 0.6) is 5.75 Å². The van der Waals surface area contributed by atoms with Crippen LogP contribution >= 0.6 is 11.6 Å². The fourth-order valence-corrected chi connectivity index (χ4v) is 4.25. The van der Waals surface area contributed by atoms with E-state index in [9.17, 15) is 4.79 Å². The summed E-state index contributed by atoms with van der Waals surface area (Å²) < 4.78 is 11.7. The molecule has 0 saturated carbocycles. The summed E-state index contributed by atoms with van der Waals surface area (Å²) in [5.74, 6) is 3.41. The molecule has 1 aliphatic heterocycles. The van der Waals surface area contributed by atoms with Gasteiger partial charge < -0.3 is 25.0 Å². The van der Waals surface area contributed by atoms with Crippen LogP contribution in [0.4, 0.5) is 17.2 Å². The van der Waals surface area contributed by atoms with Crippen LogP contribution in [-0.4, -0.2) is 59.7 Å². The van der Waals surface area contributed by atoms with Crippen LogP contribution in [0.2, 0.25) is 5.02 Å². The summed E-state index contributed by atoms with van der Waals surface area (Å²) >= 11 is 6.23. The Bertz CT molecular complexity index is 1330. The monoisotopic (exact) mass is 519 g/mol. The zero-order valence-electron chi connectivity index (χ0n) is 21.0. The molecule has 1 unspecified atom stereocenters. The normalized spacial score (nSPS) is 15.3. The van der Waals surface area contributed by atoms with E-state index in [2.05, 4.69) is 45.3 Å². The second-order valence-electron chi connectivity index (χ2n) is 8.57. The number of halogens is 1. The van der Waals surface area contributed by atoms with Crippen molar-refractivity contribution in [1.29, 1.82) is 0 Å². The van der Waals surface area contributed by atoms with E-state index in [1.807, 2.05) is 12.1 Å². The molecular weight excluding hydrogens is 490 g/mol. The van der Waals surface area contributed by atoms with E-state index in [0.29, 0.717) is 64.2 Å². The maximum atomic E-state index is 12.8. The first-order chi connectivity index (χ1) is 18.0. The highest BCUT2D eigenvalue weighted by Gasteiger charge is 2.21. The molecule has 8 nitrogen and oxygen atoms in total. The van der Waals surface area contributed by atoms with Crippen molar-refractivity contribution in [2.75, 3.05) is 43.5 Å². The number of amides is 1. The molecule has 1 amide bonds. The van der Waals surface area contributed by atoms with Crippen LogP contribution in [0.1, 0.15) is 25.8 Å². The SMILES string of the molecule is C#Cc1cc(Cl)cc(Nc2ncnc3cc(OC4CCOC4)c(NC(=O)C=CCN(CC)CC)cc23)c1. The van der Waals surface area contributed by atoms with Crippen molar-refractivity contribution in [1.82, 2.24) is 14.9 Å². The third-order valence-corrected chi connectivity index (χ3v) is 6.25. The number of hydrogen-bond acceptors (Lipinski definition) is 7. The average Bonchev–Trinajstić information content (AvgIpc) is 3.40. The van der Waals surface area contributed by atoms with Gasteiger partial charge in [-0.2, -0.15) is 0 Å². The fraction of sp³-hybridized carbons (Fsp3) is 0.321. The van der Waals surface area contributed by atoms with Gasteiger partial charge in [0.1, 0.15) is 24.0 Å². The quantitative estimate of drug-likeness (QED) is 0.287. The first kappa shape index (κ1) is 26.4. The van der Waals surface area contributed by atoms with Crippen molar-refractivity contribution in [3.05, 3.63) is 59.4 Å². The predicted molar refractivity (Wildman–Crippen MR) is 148 cm³/mol. The van der Waals surface area contributed by atoms with Gasteiger partial charge in [-0.25, -0.2) is 9.97 Å². The third-order valence-electron chi connectivity index (χ3n) is 6.03. The van der Waals surface area contributed by atoms with Gasteiger partial charge in [-0.05, 0) is 37.4 Å². The van der Waals surface area contributed by atoms with Crippen LogP contribution in [0.3, 0.4) is 0 Å². The Balaban J connectivity index is 1.66. The van der Waals surface area contributed by atoms with Gasteiger partial charge in [-0.1, -0.05) is 37.4 Å². The lowest BCUT2D eigenvalue weighted by molar-refractivity contribution is -0.111. The molecule has 1 fully saturated rings. The summed E-state index contributed by atoms with van der Waals surface area (Å²) in [5, 5.41) is 7.44. The molecule has 9 heteroatoms. The van der Waals surface area contributed by atoms with Crippen LogP contribution < -0.4 is 15.4 Å². The lowest BCUT2D eigenvalue weighted by atomic mass is 10.1. The number of fused-ring (bicyclic) bond motifs is 1. The fourth-order valence-electron chi connectivity index (χ4n) is 4.01. The lowest BCUT2D eigenvalue weighted by Gasteiger charge is -2.18. The van der Waals surface area contributed by atoms with Crippen LogP contribution in [0, 0.1) is 12.3 Å². The number of likely N-dealkylation sites (N-methyl/N-ethyl adjacent to an activating group) is 1. The largest absolute Gasteiger partial charge is 0.486 e. The minimum atomic E-state index is -0.251. The third kappa shape index (κ3) is 6.98. The first-order valence-electron chi connectivity index (χ1n) is 12.3. The van der Waals surface area contributed by atoms with Gasteiger partial charge in [0.2, 0.25) is 5.91 Å². The minimum Gasteiger partial charge on any atom is -0.486 e. The van der Waals surface area contributed by atoms with Crippen molar-refractivity contribution in [3.63, 3.8) is 0 Å². The minimum absolute atomic E-state index is 0.0978. The van der Waals surface area contributed by atoms with Crippen molar-refractivity contribution in [3.8, 4) is 18.1 Å². The smallest absolute Gasteiger partial charge is 0.248 e. The maximum absolute atomic E-state index is 12.8. The van der Waals surface area contributed by atoms with Gasteiger partial charge in [0.25, 0.3) is 0 Å². The Kier molecular flexibility index (Phi) is 8.96. The number of nitrogens with one attached hydrogen (secondary N) is 2. The Morgan fingerprint density at radius 1 is 1.27 bits per heavy atom. The Morgan fingerprint density at radius 2 is 2.11 bits per heavy atom. The number of rotatable bonds is 10. The zero-order valence-corrected chi connectivity index (χ0v) is 21.7.